The van der Waals surface area contributed by atoms with E-state index in [9.17, 15) is 31.1 Å². The lowest BCUT2D eigenvalue weighted by molar-refractivity contribution is -0.143. The minimum atomic E-state index is -5.12. The number of hydrogen-bond donors (Lipinski definition) is 1. The molecule has 44 heavy (non-hydrogen) atoms. The highest BCUT2D eigenvalue weighted by molar-refractivity contribution is 7.80. The summed E-state index contributed by atoms with van der Waals surface area (Å²) in [4.78, 5) is 17.2. The van der Waals surface area contributed by atoms with Gasteiger partial charge in [0.15, 0.2) is 5.00 Å². The van der Waals surface area contributed by atoms with E-state index in [4.69, 9.17) is 27.9 Å². The standard InChI is InChI=1S/C30H29Cl2F6N3O2S/c1-18(39-10-11-43-25(44)17-39)40-8-9-41(26(42)22-13-23(29(33,34)35)15-24(14-22)30(36,37)38)28(32,27(40)31)16-19-6-7-20-4-2-3-5-21(20)12-19/h2-7,12-15,18,25,27,44H,8-11,16-17H2,1H3/t18-,25-,27?,28+/m1/s1. The molecular formula is C30H29Cl2F6N3O2S. The number of ether oxygens (including phenoxy) is 1. The molecule has 2 aliphatic heterocycles. The van der Waals surface area contributed by atoms with Crippen molar-refractivity contribution >= 4 is 52.5 Å². The van der Waals surface area contributed by atoms with Crippen LogP contribution < -0.4 is 0 Å². The average molecular weight is 681 g/mol. The van der Waals surface area contributed by atoms with Crippen molar-refractivity contribution in [3.8, 4) is 0 Å². The van der Waals surface area contributed by atoms with Crippen LogP contribution >= 0.6 is 35.8 Å². The van der Waals surface area contributed by atoms with E-state index in [1.165, 1.54) is 0 Å². The van der Waals surface area contributed by atoms with Gasteiger partial charge in [-0.15, -0.1) is 24.2 Å². The molecule has 3 aromatic carbocycles. The van der Waals surface area contributed by atoms with Gasteiger partial charge in [0.25, 0.3) is 5.91 Å². The van der Waals surface area contributed by atoms with Crippen LogP contribution in [0.2, 0.25) is 0 Å². The number of alkyl halides is 8. The molecule has 5 nitrogen and oxygen atoms in total. The van der Waals surface area contributed by atoms with Gasteiger partial charge in [0.2, 0.25) is 0 Å². The molecule has 2 saturated heterocycles. The van der Waals surface area contributed by atoms with Gasteiger partial charge in [0.1, 0.15) is 10.9 Å². The first-order chi connectivity index (χ1) is 20.6. The Bertz CT molecular complexity index is 1490. The molecule has 3 aromatic rings. The highest BCUT2D eigenvalue weighted by Gasteiger charge is 2.52. The summed E-state index contributed by atoms with van der Waals surface area (Å²) in [5.41, 5.74) is -4.70. The number of nitrogens with zero attached hydrogens (tertiary/aromatic N) is 3. The third-order valence-electron chi connectivity index (χ3n) is 8.12. The summed E-state index contributed by atoms with van der Waals surface area (Å²) in [6, 6.07) is 13.9. The van der Waals surface area contributed by atoms with Crippen LogP contribution in [0, 0.1) is 0 Å². The molecule has 0 N–H and O–H groups in total. The maximum absolute atomic E-state index is 13.9. The normalized spacial score (nSPS) is 24.9. The lowest BCUT2D eigenvalue weighted by Gasteiger charge is -2.54. The smallest absolute Gasteiger partial charge is 0.365 e. The summed E-state index contributed by atoms with van der Waals surface area (Å²) < 4.78 is 87.4. The number of amides is 1. The summed E-state index contributed by atoms with van der Waals surface area (Å²) in [5.74, 6) is -1.09. The van der Waals surface area contributed by atoms with Crippen molar-refractivity contribution in [2.75, 3.05) is 32.8 Å². The van der Waals surface area contributed by atoms with Gasteiger partial charge in [-0.25, -0.2) is 0 Å². The number of benzene rings is 3. The van der Waals surface area contributed by atoms with Crippen molar-refractivity contribution in [2.45, 2.75) is 47.8 Å². The summed E-state index contributed by atoms with van der Waals surface area (Å²) in [7, 11) is 0. The first-order valence-corrected chi connectivity index (χ1v) is 15.1. The molecule has 2 heterocycles. The van der Waals surface area contributed by atoms with E-state index >= 15 is 0 Å². The minimum absolute atomic E-state index is 0.0131. The van der Waals surface area contributed by atoms with Crippen molar-refractivity contribution in [1.82, 2.24) is 14.7 Å². The minimum Gasteiger partial charge on any atom is -0.365 e. The van der Waals surface area contributed by atoms with Crippen LogP contribution in [-0.4, -0.2) is 75.5 Å². The largest absolute Gasteiger partial charge is 0.416 e. The maximum Gasteiger partial charge on any atom is 0.416 e. The molecule has 14 heteroatoms. The maximum atomic E-state index is 13.9. The van der Waals surface area contributed by atoms with Gasteiger partial charge in [0.05, 0.1) is 23.9 Å². The molecule has 1 unspecified atom stereocenters. The number of fused-ring (bicyclic) bond motifs is 1. The van der Waals surface area contributed by atoms with E-state index in [0.717, 1.165) is 15.7 Å². The zero-order valence-electron chi connectivity index (χ0n) is 23.4. The van der Waals surface area contributed by atoms with E-state index in [0.29, 0.717) is 37.4 Å². The van der Waals surface area contributed by atoms with E-state index in [-0.39, 0.29) is 37.2 Å². The summed E-state index contributed by atoms with van der Waals surface area (Å²) in [5, 5.41) is 1.84. The predicted octanol–water partition coefficient (Wildman–Crippen LogP) is 7.31. The SMILES string of the molecule is C[C@H](N1CCO[C@H](S)C1)N1CCN(C(=O)c2cc(C(F)(F)F)cc(C(F)(F)F)c2)[C@@](Cl)(Cc2ccc3ccccc3c2)C1Cl. The highest BCUT2D eigenvalue weighted by atomic mass is 35.5. The highest BCUT2D eigenvalue weighted by Crippen LogP contribution is 2.42. The molecule has 0 bridgehead atoms. The van der Waals surface area contributed by atoms with Crippen molar-refractivity contribution in [3.05, 3.63) is 82.9 Å². The van der Waals surface area contributed by atoms with Crippen molar-refractivity contribution in [3.63, 3.8) is 0 Å². The Morgan fingerprint density at radius 1 is 0.977 bits per heavy atom. The van der Waals surface area contributed by atoms with Gasteiger partial charge < -0.3 is 9.64 Å². The van der Waals surface area contributed by atoms with Crippen LogP contribution in [0.25, 0.3) is 10.8 Å². The average Bonchev–Trinajstić information content (AvgIpc) is 2.96. The Morgan fingerprint density at radius 2 is 1.61 bits per heavy atom. The summed E-state index contributed by atoms with van der Waals surface area (Å²) in [6.45, 7) is 3.46. The van der Waals surface area contributed by atoms with Gasteiger partial charge in [-0.1, -0.05) is 54.1 Å². The molecule has 2 fully saturated rings. The van der Waals surface area contributed by atoms with Crippen LogP contribution in [0.3, 0.4) is 0 Å². The predicted molar refractivity (Wildman–Crippen MR) is 160 cm³/mol. The molecule has 1 amide bonds. The van der Waals surface area contributed by atoms with E-state index < -0.39 is 45.4 Å². The number of hydrogen-bond acceptors (Lipinski definition) is 5. The van der Waals surface area contributed by atoms with Crippen molar-refractivity contribution < 1.29 is 35.9 Å². The molecule has 4 atom stereocenters. The molecule has 0 spiro atoms. The molecule has 0 radical (unpaired) electrons. The van der Waals surface area contributed by atoms with Crippen LogP contribution in [0.15, 0.2) is 60.7 Å². The van der Waals surface area contributed by atoms with Gasteiger partial charge >= 0.3 is 12.4 Å². The Labute approximate surface area is 266 Å². The molecular weight excluding hydrogens is 651 g/mol. The van der Waals surface area contributed by atoms with Crippen LogP contribution in [0.4, 0.5) is 26.3 Å². The van der Waals surface area contributed by atoms with E-state index in [2.05, 4.69) is 17.5 Å². The second-order valence-electron chi connectivity index (χ2n) is 11.0. The van der Waals surface area contributed by atoms with Crippen molar-refractivity contribution in [1.29, 1.82) is 0 Å². The topological polar surface area (TPSA) is 36.0 Å². The second kappa shape index (κ2) is 12.5. The lowest BCUT2D eigenvalue weighted by atomic mass is 9.96. The number of piperazine rings is 1. The van der Waals surface area contributed by atoms with Crippen LogP contribution in [0.5, 0.6) is 0 Å². The molecule has 0 aromatic heterocycles. The lowest BCUT2D eigenvalue weighted by Crippen LogP contribution is -2.69. The number of carbonyl (C=O) groups excluding carboxylic acids is 1. The second-order valence-corrected chi connectivity index (χ2v) is 12.6. The number of rotatable bonds is 5. The monoisotopic (exact) mass is 679 g/mol. The number of carbonyl (C=O) groups is 1. The summed E-state index contributed by atoms with van der Waals surface area (Å²) in [6.07, 6.45) is -10.6. The van der Waals surface area contributed by atoms with Crippen molar-refractivity contribution in [2.24, 2.45) is 0 Å². The molecule has 238 valence electrons. The van der Waals surface area contributed by atoms with E-state index in [1.807, 2.05) is 48.2 Å². The Hall–Kier alpha value is -2.22. The quantitative estimate of drug-likeness (QED) is 0.133. The summed E-state index contributed by atoms with van der Waals surface area (Å²) >= 11 is 18.8. The number of halogens is 8. The fourth-order valence-corrected chi connectivity index (χ4v) is 7.00. The third kappa shape index (κ3) is 6.80. The Kier molecular flexibility index (Phi) is 9.44. The third-order valence-corrected chi connectivity index (χ3v) is 9.70. The molecule has 0 aliphatic carbocycles. The fourth-order valence-electron chi connectivity index (χ4n) is 5.79. The van der Waals surface area contributed by atoms with Crippen LogP contribution in [0.1, 0.15) is 34.0 Å². The number of thiol groups is 1. The first-order valence-electron chi connectivity index (χ1n) is 13.8. The van der Waals surface area contributed by atoms with Gasteiger partial charge in [-0.2, -0.15) is 26.3 Å². The van der Waals surface area contributed by atoms with Gasteiger partial charge in [0, 0.05) is 38.2 Å². The Morgan fingerprint density at radius 3 is 2.23 bits per heavy atom. The van der Waals surface area contributed by atoms with Gasteiger partial charge in [-0.3, -0.25) is 14.6 Å². The molecule has 5 rings (SSSR count). The first kappa shape index (κ1) is 33.2. The zero-order chi connectivity index (χ0) is 32.0. The zero-order valence-corrected chi connectivity index (χ0v) is 25.8. The fraction of sp³-hybridized carbons (Fsp3) is 0.433. The molecule has 2 aliphatic rings. The van der Waals surface area contributed by atoms with Gasteiger partial charge in [-0.05, 0) is 41.5 Å². The Balaban J connectivity index is 1.55. The van der Waals surface area contributed by atoms with E-state index in [1.54, 1.807) is 6.07 Å². The molecule has 0 saturated carbocycles. The number of morpholine rings is 1. The van der Waals surface area contributed by atoms with Crippen LogP contribution in [-0.2, 0) is 23.5 Å².